The summed E-state index contributed by atoms with van der Waals surface area (Å²) in [5.74, 6) is 1.41. The van der Waals surface area contributed by atoms with Crippen LogP contribution in [0.5, 0.6) is 0 Å². The molecule has 0 aliphatic carbocycles. The van der Waals surface area contributed by atoms with Gasteiger partial charge in [-0.15, -0.1) is 0 Å². The van der Waals surface area contributed by atoms with Crippen molar-refractivity contribution in [1.29, 1.82) is 0 Å². The molecule has 0 unspecified atom stereocenters. The van der Waals surface area contributed by atoms with Gasteiger partial charge >= 0.3 is 5.97 Å². The van der Waals surface area contributed by atoms with Crippen molar-refractivity contribution < 1.29 is 9.53 Å². The average molecular weight is 291 g/mol. The van der Waals surface area contributed by atoms with Gasteiger partial charge in [0.05, 0.1) is 12.2 Å². The van der Waals surface area contributed by atoms with Crippen LogP contribution in [0, 0.1) is 5.92 Å². The molecule has 5 nitrogen and oxygen atoms in total. The Balaban J connectivity index is 1.87. The number of piperidine rings is 1. The first-order valence-electron chi connectivity index (χ1n) is 7.83. The van der Waals surface area contributed by atoms with Crippen molar-refractivity contribution in [3.8, 4) is 0 Å². The number of nitrogens with one attached hydrogen (secondary N) is 1. The van der Waals surface area contributed by atoms with E-state index in [0.717, 1.165) is 37.9 Å². The van der Waals surface area contributed by atoms with E-state index in [0.29, 0.717) is 12.2 Å². The Bertz CT molecular complexity index is 439. The maximum Gasteiger partial charge on any atom is 0.339 e. The minimum absolute atomic E-state index is 0.305. The minimum atomic E-state index is -0.305. The summed E-state index contributed by atoms with van der Waals surface area (Å²) in [7, 11) is 0. The number of anilines is 1. The summed E-state index contributed by atoms with van der Waals surface area (Å²) in [6.45, 7) is 8.54. The fourth-order valence-corrected chi connectivity index (χ4v) is 2.62. The lowest BCUT2D eigenvalue weighted by molar-refractivity contribution is 0.0526. The summed E-state index contributed by atoms with van der Waals surface area (Å²) in [5, 5.41) is 3.42. The van der Waals surface area contributed by atoms with E-state index in [2.05, 4.69) is 22.1 Å². The maximum absolute atomic E-state index is 11.6. The van der Waals surface area contributed by atoms with Gasteiger partial charge in [-0.25, -0.2) is 9.78 Å². The van der Waals surface area contributed by atoms with E-state index in [-0.39, 0.29) is 5.97 Å². The van der Waals surface area contributed by atoms with E-state index in [9.17, 15) is 4.79 Å². The van der Waals surface area contributed by atoms with Crippen LogP contribution in [0.2, 0.25) is 0 Å². The number of ether oxygens (including phenoxy) is 1. The predicted octanol–water partition coefficient (Wildman–Crippen LogP) is 2.08. The van der Waals surface area contributed by atoms with Gasteiger partial charge in [0.2, 0.25) is 0 Å². The number of pyridine rings is 1. The SMILES string of the molecule is CCNCC1CCN(c2ccc(C(=O)OCC)cn2)CC1. The smallest absolute Gasteiger partial charge is 0.339 e. The van der Waals surface area contributed by atoms with Gasteiger partial charge in [-0.05, 0) is 50.9 Å². The molecule has 2 rings (SSSR count). The third kappa shape index (κ3) is 4.43. The largest absolute Gasteiger partial charge is 0.462 e. The van der Waals surface area contributed by atoms with Crippen LogP contribution >= 0.6 is 0 Å². The van der Waals surface area contributed by atoms with E-state index in [4.69, 9.17) is 4.74 Å². The van der Waals surface area contributed by atoms with Crippen LogP contribution in [0.1, 0.15) is 37.0 Å². The third-order valence-corrected chi connectivity index (χ3v) is 3.88. The summed E-state index contributed by atoms with van der Waals surface area (Å²) >= 11 is 0. The van der Waals surface area contributed by atoms with Crippen LogP contribution in [0.15, 0.2) is 18.3 Å². The second kappa shape index (κ2) is 7.98. The molecule has 1 fully saturated rings. The molecule has 1 aliphatic rings. The zero-order chi connectivity index (χ0) is 15.1. The molecule has 1 aromatic rings. The average Bonchev–Trinajstić information content (AvgIpc) is 2.54. The Kier molecular flexibility index (Phi) is 5.99. The Labute approximate surface area is 126 Å². The van der Waals surface area contributed by atoms with Crippen molar-refractivity contribution in [3.63, 3.8) is 0 Å². The van der Waals surface area contributed by atoms with Gasteiger partial charge in [-0.1, -0.05) is 6.92 Å². The molecular formula is C16H25N3O2. The maximum atomic E-state index is 11.6. The zero-order valence-electron chi connectivity index (χ0n) is 13.0. The molecule has 1 saturated heterocycles. The van der Waals surface area contributed by atoms with Crippen molar-refractivity contribution in [1.82, 2.24) is 10.3 Å². The van der Waals surface area contributed by atoms with E-state index < -0.39 is 0 Å². The highest BCUT2D eigenvalue weighted by Gasteiger charge is 2.20. The molecule has 0 aromatic carbocycles. The van der Waals surface area contributed by atoms with Crippen molar-refractivity contribution in [2.24, 2.45) is 5.92 Å². The normalized spacial score (nSPS) is 16.0. The lowest BCUT2D eigenvalue weighted by atomic mass is 9.97. The minimum Gasteiger partial charge on any atom is -0.462 e. The molecule has 1 aliphatic heterocycles. The molecule has 1 aromatic heterocycles. The Morgan fingerprint density at radius 1 is 1.38 bits per heavy atom. The molecule has 0 bridgehead atoms. The molecular weight excluding hydrogens is 266 g/mol. The molecule has 1 N–H and O–H groups in total. The number of hydrogen-bond acceptors (Lipinski definition) is 5. The van der Waals surface area contributed by atoms with Gasteiger partial charge in [0.15, 0.2) is 0 Å². The number of carbonyl (C=O) groups is 1. The highest BCUT2D eigenvalue weighted by molar-refractivity contribution is 5.89. The summed E-state index contributed by atoms with van der Waals surface area (Å²) in [6.07, 6.45) is 3.99. The van der Waals surface area contributed by atoms with E-state index in [1.807, 2.05) is 6.07 Å². The van der Waals surface area contributed by atoms with Crippen LogP contribution in [0.25, 0.3) is 0 Å². The standard InChI is InChI=1S/C16H25N3O2/c1-3-17-11-13-7-9-19(10-8-13)15-6-5-14(12-18-15)16(20)21-4-2/h5-6,12-13,17H,3-4,7-11H2,1-2H3. The van der Waals surface area contributed by atoms with Crippen molar-refractivity contribution in [2.75, 3.05) is 37.7 Å². The second-order valence-electron chi connectivity index (χ2n) is 5.36. The van der Waals surface area contributed by atoms with Crippen LogP contribution < -0.4 is 10.2 Å². The van der Waals surface area contributed by atoms with Gasteiger partial charge in [0.1, 0.15) is 5.82 Å². The number of rotatable bonds is 6. The van der Waals surface area contributed by atoms with Gasteiger partial charge in [0.25, 0.3) is 0 Å². The fraction of sp³-hybridized carbons (Fsp3) is 0.625. The highest BCUT2D eigenvalue weighted by Crippen LogP contribution is 2.21. The van der Waals surface area contributed by atoms with Gasteiger partial charge in [-0.2, -0.15) is 0 Å². The first-order chi connectivity index (χ1) is 10.2. The molecule has 0 radical (unpaired) electrons. The predicted molar refractivity (Wildman–Crippen MR) is 83.7 cm³/mol. The summed E-state index contributed by atoms with van der Waals surface area (Å²) in [4.78, 5) is 18.3. The van der Waals surface area contributed by atoms with Crippen LogP contribution in [-0.4, -0.2) is 43.7 Å². The van der Waals surface area contributed by atoms with Crippen molar-refractivity contribution in [2.45, 2.75) is 26.7 Å². The zero-order valence-corrected chi connectivity index (χ0v) is 13.0. The third-order valence-electron chi connectivity index (χ3n) is 3.88. The van der Waals surface area contributed by atoms with Gasteiger partial charge in [0, 0.05) is 19.3 Å². The van der Waals surface area contributed by atoms with Crippen LogP contribution in [-0.2, 0) is 4.74 Å². The first kappa shape index (κ1) is 15.8. The molecule has 0 spiro atoms. The molecule has 0 atom stereocenters. The first-order valence-corrected chi connectivity index (χ1v) is 7.83. The fourth-order valence-electron chi connectivity index (χ4n) is 2.62. The van der Waals surface area contributed by atoms with Gasteiger partial charge < -0.3 is 15.0 Å². The second-order valence-corrected chi connectivity index (χ2v) is 5.36. The van der Waals surface area contributed by atoms with E-state index >= 15 is 0 Å². The van der Waals surface area contributed by atoms with Crippen LogP contribution in [0.4, 0.5) is 5.82 Å². The highest BCUT2D eigenvalue weighted by atomic mass is 16.5. The monoisotopic (exact) mass is 291 g/mol. The quantitative estimate of drug-likeness (QED) is 0.813. The van der Waals surface area contributed by atoms with Crippen molar-refractivity contribution >= 4 is 11.8 Å². The number of carbonyl (C=O) groups excluding carboxylic acids is 1. The number of esters is 1. The topological polar surface area (TPSA) is 54.5 Å². The Morgan fingerprint density at radius 2 is 2.14 bits per heavy atom. The number of aromatic nitrogens is 1. The summed E-state index contributed by atoms with van der Waals surface area (Å²) < 4.78 is 4.97. The number of nitrogens with zero attached hydrogens (tertiary/aromatic N) is 2. The van der Waals surface area contributed by atoms with E-state index in [1.54, 1.807) is 19.2 Å². The Morgan fingerprint density at radius 3 is 2.71 bits per heavy atom. The Hall–Kier alpha value is -1.62. The molecule has 0 saturated carbocycles. The summed E-state index contributed by atoms with van der Waals surface area (Å²) in [5.41, 5.74) is 0.516. The van der Waals surface area contributed by atoms with E-state index in [1.165, 1.54) is 12.8 Å². The molecule has 5 heteroatoms. The molecule has 0 amide bonds. The summed E-state index contributed by atoms with van der Waals surface area (Å²) in [6, 6.07) is 3.71. The lowest BCUT2D eigenvalue weighted by Gasteiger charge is -2.32. The lowest BCUT2D eigenvalue weighted by Crippen LogP contribution is -2.37. The molecule has 21 heavy (non-hydrogen) atoms. The van der Waals surface area contributed by atoms with Crippen LogP contribution in [0.3, 0.4) is 0 Å². The van der Waals surface area contributed by atoms with Crippen molar-refractivity contribution in [3.05, 3.63) is 23.9 Å². The van der Waals surface area contributed by atoms with Gasteiger partial charge in [-0.3, -0.25) is 0 Å². The number of hydrogen-bond donors (Lipinski definition) is 1. The molecule has 116 valence electrons. The molecule has 2 heterocycles.